The molecule has 1 unspecified atom stereocenters. The lowest BCUT2D eigenvalue weighted by Gasteiger charge is -2.08. The maximum Gasteiger partial charge on any atom is 0.309 e. The number of esters is 1. The molecule has 4 heteroatoms. The van der Waals surface area contributed by atoms with Crippen molar-refractivity contribution in [3.05, 3.63) is 30.9 Å². The van der Waals surface area contributed by atoms with Crippen molar-refractivity contribution >= 4 is 5.97 Å². The Bertz CT molecular complexity index is 293. The number of imidazole rings is 1. The predicted octanol–water partition coefficient (Wildman–Crippen LogP) is 1.32. The summed E-state index contributed by atoms with van der Waals surface area (Å²) in [6.07, 6.45) is 5.48. The van der Waals surface area contributed by atoms with E-state index in [1.54, 1.807) is 18.6 Å². The molecular formula is C10H14N2O2. The lowest BCUT2D eigenvalue weighted by Crippen LogP contribution is -2.17. The van der Waals surface area contributed by atoms with E-state index in [0.717, 1.165) is 5.69 Å². The van der Waals surface area contributed by atoms with Gasteiger partial charge in [-0.15, -0.1) is 0 Å². The third-order valence-electron chi connectivity index (χ3n) is 1.83. The number of rotatable bonds is 5. The molecule has 0 aliphatic carbocycles. The Balaban J connectivity index is 2.37. The zero-order valence-corrected chi connectivity index (χ0v) is 8.19. The van der Waals surface area contributed by atoms with Gasteiger partial charge in [0.1, 0.15) is 6.61 Å². The minimum atomic E-state index is -0.209. The fourth-order valence-corrected chi connectivity index (χ4v) is 1.09. The van der Waals surface area contributed by atoms with E-state index in [4.69, 9.17) is 4.74 Å². The molecule has 1 heterocycles. The monoisotopic (exact) mass is 194 g/mol. The smallest absolute Gasteiger partial charge is 0.309 e. The van der Waals surface area contributed by atoms with E-state index in [-0.39, 0.29) is 18.5 Å². The van der Waals surface area contributed by atoms with E-state index in [2.05, 4.69) is 16.5 Å². The summed E-state index contributed by atoms with van der Waals surface area (Å²) in [7, 11) is 0. The topological polar surface area (TPSA) is 55.0 Å². The van der Waals surface area contributed by atoms with Gasteiger partial charge in [-0.3, -0.25) is 4.79 Å². The molecule has 0 saturated heterocycles. The van der Waals surface area contributed by atoms with Gasteiger partial charge in [0.2, 0.25) is 0 Å². The van der Waals surface area contributed by atoms with E-state index >= 15 is 0 Å². The predicted molar refractivity (Wildman–Crippen MR) is 52.6 cm³/mol. The molecule has 0 fully saturated rings. The number of aromatic nitrogens is 2. The van der Waals surface area contributed by atoms with Crippen molar-refractivity contribution in [2.45, 2.75) is 13.3 Å². The molecule has 0 saturated carbocycles. The maximum atomic E-state index is 11.3. The Morgan fingerprint density at radius 2 is 2.64 bits per heavy atom. The van der Waals surface area contributed by atoms with Gasteiger partial charge < -0.3 is 9.72 Å². The van der Waals surface area contributed by atoms with Crippen LogP contribution in [-0.4, -0.2) is 22.5 Å². The first kappa shape index (κ1) is 10.5. The minimum Gasteiger partial charge on any atom is -0.461 e. The summed E-state index contributed by atoms with van der Waals surface area (Å²) in [5.41, 5.74) is 0.938. The molecule has 0 bridgehead atoms. The van der Waals surface area contributed by atoms with E-state index in [0.29, 0.717) is 6.42 Å². The molecule has 1 rings (SSSR count). The summed E-state index contributed by atoms with van der Waals surface area (Å²) in [5, 5.41) is 0. The minimum absolute atomic E-state index is 0.157. The quantitative estimate of drug-likeness (QED) is 0.568. The van der Waals surface area contributed by atoms with Crippen LogP contribution in [-0.2, 0) is 16.0 Å². The molecular weight excluding hydrogens is 180 g/mol. The molecule has 0 aliphatic heterocycles. The average Bonchev–Trinajstić information content (AvgIpc) is 2.66. The molecule has 14 heavy (non-hydrogen) atoms. The van der Waals surface area contributed by atoms with Crippen LogP contribution >= 0.6 is 0 Å². The van der Waals surface area contributed by atoms with Crippen molar-refractivity contribution in [1.29, 1.82) is 0 Å². The molecule has 1 aromatic heterocycles. The van der Waals surface area contributed by atoms with Crippen LogP contribution in [0.4, 0.5) is 0 Å². The summed E-state index contributed by atoms with van der Waals surface area (Å²) >= 11 is 0. The van der Waals surface area contributed by atoms with Gasteiger partial charge >= 0.3 is 5.97 Å². The van der Waals surface area contributed by atoms with Crippen LogP contribution < -0.4 is 0 Å². The van der Waals surface area contributed by atoms with Crippen LogP contribution in [0.1, 0.15) is 12.6 Å². The van der Waals surface area contributed by atoms with Crippen LogP contribution in [0, 0.1) is 5.92 Å². The number of nitrogens with one attached hydrogen (secondary N) is 1. The Morgan fingerprint density at radius 1 is 1.86 bits per heavy atom. The first-order valence-corrected chi connectivity index (χ1v) is 4.48. The highest BCUT2D eigenvalue weighted by molar-refractivity contribution is 5.72. The van der Waals surface area contributed by atoms with Crippen molar-refractivity contribution < 1.29 is 9.53 Å². The Labute approximate surface area is 83.0 Å². The van der Waals surface area contributed by atoms with E-state index in [9.17, 15) is 4.79 Å². The van der Waals surface area contributed by atoms with Crippen LogP contribution in [0.3, 0.4) is 0 Å². The van der Waals surface area contributed by atoms with E-state index in [1.165, 1.54) is 0 Å². The van der Waals surface area contributed by atoms with Crippen LogP contribution in [0.15, 0.2) is 25.2 Å². The fraction of sp³-hybridized carbons (Fsp3) is 0.400. The molecule has 0 radical (unpaired) electrons. The highest BCUT2D eigenvalue weighted by Crippen LogP contribution is 2.06. The molecule has 4 nitrogen and oxygen atoms in total. The highest BCUT2D eigenvalue weighted by Gasteiger charge is 2.14. The summed E-state index contributed by atoms with van der Waals surface area (Å²) < 4.78 is 4.91. The van der Waals surface area contributed by atoms with Crippen LogP contribution in [0.2, 0.25) is 0 Å². The second kappa shape index (κ2) is 5.21. The second-order valence-corrected chi connectivity index (χ2v) is 3.10. The first-order chi connectivity index (χ1) is 6.74. The molecule has 1 N–H and O–H groups in total. The van der Waals surface area contributed by atoms with Gasteiger partial charge in [-0.2, -0.15) is 0 Å². The molecule has 76 valence electrons. The van der Waals surface area contributed by atoms with E-state index in [1.807, 2.05) is 6.92 Å². The van der Waals surface area contributed by atoms with Crippen molar-refractivity contribution in [1.82, 2.24) is 9.97 Å². The summed E-state index contributed by atoms with van der Waals surface area (Å²) in [6.45, 7) is 5.57. The second-order valence-electron chi connectivity index (χ2n) is 3.10. The summed E-state index contributed by atoms with van der Waals surface area (Å²) in [6, 6.07) is 0. The lowest BCUT2D eigenvalue weighted by molar-refractivity contribution is -0.146. The van der Waals surface area contributed by atoms with Crippen molar-refractivity contribution in [2.24, 2.45) is 5.92 Å². The van der Waals surface area contributed by atoms with Crippen LogP contribution in [0.25, 0.3) is 0 Å². The van der Waals surface area contributed by atoms with Gasteiger partial charge in [-0.25, -0.2) is 4.98 Å². The molecule has 0 aliphatic rings. The van der Waals surface area contributed by atoms with Gasteiger partial charge in [0, 0.05) is 18.3 Å². The van der Waals surface area contributed by atoms with Crippen LogP contribution in [0.5, 0.6) is 0 Å². The number of aromatic amines is 1. The Morgan fingerprint density at radius 3 is 3.21 bits per heavy atom. The van der Waals surface area contributed by atoms with Crippen molar-refractivity contribution in [2.75, 3.05) is 6.61 Å². The third kappa shape index (κ3) is 3.05. The van der Waals surface area contributed by atoms with Crippen molar-refractivity contribution in [3.63, 3.8) is 0 Å². The third-order valence-corrected chi connectivity index (χ3v) is 1.83. The number of carbonyl (C=O) groups excluding carboxylic acids is 1. The normalized spacial score (nSPS) is 12.1. The number of H-pyrrole nitrogens is 1. The zero-order chi connectivity index (χ0) is 10.4. The fourth-order valence-electron chi connectivity index (χ4n) is 1.09. The van der Waals surface area contributed by atoms with Gasteiger partial charge in [-0.1, -0.05) is 19.6 Å². The molecule has 0 amide bonds. The Hall–Kier alpha value is -1.58. The summed E-state index contributed by atoms with van der Waals surface area (Å²) in [4.78, 5) is 18.1. The first-order valence-electron chi connectivity index (χ1n) is 4.48. The maximum absolute atomic E-state index is 11.3. The van der Waals surface area contributed by atoms with Gasteiger partial charge in [0.15, 0.2) is 0 Å². The van der Waals surface area contributed by atoms with Crippen molar-refractivity contribution in [3.8, 4) is 0 Å². The number of ether oxygens (including phenoxy) is 1. The highest BCUT2D eigenvalue weighted by atomic mass is 16.5. The standard InChI is InChI=1S/C10H14N2O2/c1-3-4-14-10(13)8(2)5-9-6-11-7-12-9/h3,6-8H,1,4-5H2,2H3,(H,11,12). The molecule has 1 atom stereocenters. The SMILES string of the molecule is C=CCOC(=O)C(C)Cc1cnc[nH]1. The summed E-state index contributed by atoms with van der Waals surface area (Å²) in [5.74, 6) is -0.366. The zero-order valence-electron chi connectivity index (χ0n) is 8.19. The van der Waals surface area contributed by atoms with Gasteiger partial charge in [0.05, 0.1) is 12.2 Å². The molecule has 0 aromatic carbocycles. The number of nitrogens with zero attached hydrogens (tertiary/aromatic N) is 1. The van der Waals surface area contributed by atoms with Gasteiger partial charge in [0.25, 0.3) is 0 Å². The molecule has 0 spiro atoms. The van der Waals surface area contributed by atoms with E-state index < -0.39 is 0 Å². The average molecular weight is 194 g/mol. The largest absolute Gasteiger partial charge is 0.461 e. The number of hydrogen-bond donors (Lipinski definition) is 1. The molecule has 1 aromatic rings. The lowest BCUT2D eigenvalue weighted by atomic mass is 10.1. The number of hydrogen-bond acceptors (Lipinski definition) is 3. The Kier molecular flexibility index (Phi) is 3.91. The van der Waals surface area contributed by atoms with Gasteiger partial charge in [-0.05, 0) is 0 Å². The number of carbonyl (C=O) groups is 1.